The maximum absolute atomic E-state index is 5.55. The molecule has 250 valence electrons. The summed E-state index contributed by atoms with van der Waals surface area (Å²) in [6.45, 7) is 0. The predicted octanol–water partition coefficient (Wildman–Crippen LogP) is 13.0. The Morgan fingerprint density at radius 2 is 0.907 bits per heavy atom. The molecule has 0 amide bonds. The van der Waals surface area contributed by atoms with E-state index in [0.717, 1.165) is 44.3 Å². The lowest BCUT2D eigenvalue weighted by atomic mass is 9.94. The third-order valence-electron chi connectivity index (χ3n) is 11.3. The minimum atomic E-state index is 0.654. The Bertz CT molecular complexity index is 3460. The van der Waals surface area contributed by atoms with Gasteiger partial charge >= 0.3 is 0 Å². The predicted molar refractivity (Wildman–Crippen MR) is 226 cm³/mol. The lowest BCUT2D eigenvalue weighted by Gasteiger charge is -2.15. The molecular weight excluding hydrogens is 657 g/mol. The summed E-state index contributed by atoms with van der Waals surface area (Å²) in [7, 11) is 0. The molecule has 0 saturated heterocycles. The Balaban J connectivity index is 1.19. The molecule has 0 aliphatic heterocycles. The Morgan fingerprint density at radius 3 is 1.69 bits per heavy atom. The van der Waals surface area contributed by atoms with Gasteiger partial charge < -0.3 is 4.57 Å². The molecule has 0 atom stereocenters. The second-order valence-electron chi connectivity index (χ2n) is 14.2. The molecule has 4 heteroatoms. The molecule has 4 nitrogen and oxygen atoms in total. The molecule has 3 aromatic heterocycles. The number of benzene rings is 9. The average Bonchev–Trinajstić information content (AvgIpc) is 3.76. The van der Waals surface area contributed by atoms with Crippen LogP contribution < -0.4 is 0 Å². The van der Waals surface area contributed by atoms with Crippen molar-refractivity contribution in [3.8, 4) is 22.9 Å². The molecule has 0 spiro atoms. The van der Waals surface area contributed by atoms with Gasteiger partial charge in [-0.05, 0) is 80.8 Å². The highest BCUT2D eigenvalue weighted by atomic mass is 15.2. The van der Waals surface area contributed by atoms with E-state index in [1.165, 1.54) is 59.5 Å². The van der Waals surface area contributed by atoms with Crippen LogP contribution in [0.15, 0.2) is 182 Å². The van der Waals surface area contributed by atoms with Crippen molar-refractivity contribution in [3.05, 3.63) is 182 Å². The zero-order valence-electron chi connectivity index (χ0n) is 29.1. The molecule has 12 aromatic rings. The summed E-state index contributed by atoms with van der Waals surface area (Å²) in [5.41, 5.74) is 8.58. The highest BCUT2D eigenvalue weighted by molar-refractivity contribution is 6.22. The highest BCUT2D eigenvalue weighted by Crippen LogP contribution is 2.41. The second-order valence-corrected chi connectivity index (χ2v) is 14.2. The summed E-state index contributed by atoms with van der Waals surface area (Å²) in [6, 6.07) is 65.4. The fraction of sp³-hybridized carbons (Fsp3) is 0. The van der Waals surface area contributed by atoms with Crippen LogP contribution in [0.4, 0.5) is 0 Å². The Kier molecular flexibility index (Phi) is 6.02. The van der Waals surface area contributed by atoms with Crippen molar-refractivity contribution < 1.29 is 0 Å². The summed E-state index contributed by atoms with van der Waals surface area (Å²) < 4.78 is 4.67. The topological polar surface area (TPSA) is 35.6 Å². The zero-order valence-corrected chi connectivity index (χ0v) is 29.1. The molecule has 12 rings (SSSR count). The molecule has 0 aliphatic carbocycles. The first-order valence-electron chi connectivity index (χ1n) is 18.4. The summed E-state index contributed by atoms with van der Waals surface area (Å²) in [4.78, 5) is 10.9. The minimum Gasteiger partial charge on any atom is -0.309 e. The molecule has 0 N–H and O–H groups in total. The van der Waals surface area contributed by atoms with Crippen LogP contribution in [0.3, 0.4) is 0 Å². The smallest absolute Gasteiger partial charge is 0.235 e. The van der Waals surface area contributed by atoms with Crippen LogP contribution in [-0.2, 0) is 0 Å². The van der Waals surface area contributed by atoms with Gasteiger partial charge in [-0.25, -0.2) is 9.97 Å². The monoisotopic (exact) mass is 686 g/mol. The normalized spacial score (nSPS) is 12.1. The zero-order chi connectivity index (χ0) is 35.3. The minimum absolute atomic E-state index is 0.654. The summed E-state index contributed by atoms with van der Waals surface area (Å²) in [5, 5.41) is 13.1. The van der Waals surface area contributed by atoms with Crippen molar-refractivity contribution in [1.82, 2.24) is 19.1 Å². The molecule has 0 fully saturated rings. The van der Waals surface area contributed by atoms with E-state index in [9.17, 15) is 0 Å². The number of fused-ring (bicyclic) bond motifs is 12. The fourth-order valence-corrected chi connectivity index (χ4v) is 8.95. The van der Waals surface area contributed by atoms with Crippen molar-refractivity contribution in [2.45, 2.75) is 0 Å². The number of hydrogen-bond acceptors (Lipinski definition) is 2. The third kappa shape index (κ3) is 4.08. The Morgan fingerprint density at radius 1 is 0.333 bits per heavy atom. The molecule has 0 unspecified atom stereocenters. The third-order valence-corrected chi connectivity index (χ3v) is 11.3. The first-order chi connectivity index (χ1) is 26.8. The van der Waals surface area contributed by atoms with Gasteiger partial charge in [0.25, 0.3) is 0 Å². The number of aromatic nitrogens is 4. The van der Waals surface area contributed by atoms with Gasteiger partial charge in [0.2, 0.25) is 5.95 Å². The Hall–Kier alpha value is -7.30. The van der Waals surface area contributed by atoms with Crippen LogP contribution in [0.25, 0.3) is 110 Å². The van der Waals surface area contributed by atoms with Crippen LogP contribution in [0, 0.1) is 0 Å². The van der Waals surface area contributed by atoms with Crippen LogP contribution in [-0.4, -0.2) is 19.1 Å². The molecule has 3 heterocycles. The van der Waals surface area contributed by atoms with E-state index >= 15 is 0 Å². The van der Waals surface area contributed by atoms with Gasteiger partial charge in [0, 0.05) is 38.2 Å². The second kappa shape index (κ2) is 11.1. The van der Waals surface area contributed by atoms with Gasteiger partial charge in [-0.15, -0.1) is 0 Å². The number of rotatable bonds is 3. The quantitative estimate of drug-likeness (QED) is 0.173. The maximum Gasteiger partial charge on any atom is 0.235 e. The van der Waals surface area contributed by atoms with E-state index in [1.807, 2.05) is 0 Å². The van der Waals surface area contributed by atoms with Crippen LogP contribution in [0.5, 0.6) is 0 Å². The van der Waals surface area contributed by atoms with E-state index < -0.39 is 0 Å². The lowest BCUT2D eigenvalue weighted by Crippen LogP contribution is -2.04. The van der Waals surface area contributed by atoms with E-state index in [0.29, 0.717) is 5.95 Å². The average molecular weight is 687 g/mol. The SMILES string of the molecule is c1ccc2c(c1)cc(-c1nc(-n3c4ccc(-n5c6ccccc6c6ccccc65)cc4c4c5ccccc5ccc43)nc3ccccc13)c1ccccc12. The fourth-order valence-electron chi connectivity index (χ4n) is 8.95. The Labute approximate surface area is 309 Å². The molecule has 0 bridgehead atoms. The molecule has 9 aromatic carbocycles. The molecule has 0 aliphatic rings. The highest BCUT2D eigenvalue weighted by Gasteiger charge is 2.21. The number of nitrogens with zero attached hydrogens (tertiary/aromatic N) is 4. The van der Waals surface area contributed by atoms with E-state index in [-0.39, 0.29) is 0 Å². The van der Waals surface area contributed by atoms with Gasteiger partial charge in [0.1, 0.15) is 0 Å². The largest absolute Gasteiger partial charge is 0.309 e. The van der Waals surface area contributed by atoms with Crippen molar-refractivity contribution >= 4 is 86.8 Å². The van der Waals surface area contributed by atoms with E-state index in [2.05, 4.69) is 191 Å². The standard InChI is InChI=1S/C50H30N4/c1-4-16-35-31(13-1)25-27-47-48(35)42-30-33(53-44-23-11-8-19-38(44)39-20-9-12-24-45(39)53)26-28-46(42)54(47)50-51-43-22-10-7-21-40(43)49(52-50)41-29-32-14-2-3-15-34(32)36-17-5-6-18-37(36)41/h1-30H. The van der Waals surface area contributed by atoms with Crippen molar-refractivity contribution in [3.63, 3.8) is 0 Å². The van der Waals surface area contributed by atoms with Crippen LogP contribution >= 0.6 is 0 Å². The van der Waals surface area contributed by atoms with Crippen LogP contribution in [0.2, 0.25) is 0 Å². The maximum atomic E-state index is 5.55. The van der Waals surface area contributed by atoms with Crippen LogP contribution in [0.1, 0.15) is 0 Å². The molecule has 0 saturated carbocycles. The van der Waals surface area contributed by atoms with Gasteiger partial charge in [-0.3, -0.25) is 4.57 Å². The first-order valence-corrected chi connectivity index (χ1v) is 18.4. The van der Waals surface area contributed by atoms with Gasteiger partial charge in [0.15, 0.2) is 0 Å². The van der Waals surface area contributed by atoms with E-state index in [1.54, 1.807) is 0 Å². The summed E-state index contributed by atoms with van der Waals surface area (Å²) in [5.74, 6) is 0.654. The summed E-state index contributed by atoms with van der Waals surface area (Å²) in [6.07, 6.45) is 0. The van der Waals surface area contributed by atoms with Gasteiger partial charge in [-0.2, -0.15) is 0 Å². The molecule has 0 radical (unpaired) electrons. The van der Waals surface area contributed by atoms with Crippen molar-refractivity contribution in [2.75, 3.05) is 0 Å². The lowest BCUT2D eigenvalue weighted by molar-refractivity contribution is 1.01. The van der Waals surface area contributed by atoms with E-state index in [4.69, 9.17) is 9.97 Å². The van der Waals surface area contributed by atoms with Crippen molar-refractivity contribution in [2.24, 2.45) is 0 Å². The molecule has 54 heavy (non-hydrogen) atoms. The number of para-hydroxylation sites is 3. The van der Waals surface area contributed by atoms with Crippen molar-refractivity contribution in [1.29, 1.82) is 0 Å². The number of hydrogen-bond donors (Lipinski definition) is 0. The molecular formula is C50H30N4. The first kappa shape index (κ1) is 29.3. The van der Waals surface area contributed by atoms with Gasteiger partial charge in [0.05, 0.1) is 33.3 Å². The summed E-state index contributed by atoms with van der Waals surface area (Å²) >= 11 is 0. The van der Waals surface area contributed by atoms with Gasteiger partial charge in [-0.1, -0.05) is 133 Å².